The Morgan fingerprint density at radius 2 is 1.42 bits per heavy atom. The van der Waals surface area contributed by atoms with Crippen LogP contribution in [0.3, 0.4) is 0 Å². The van der Waals surface area contributed by atoms with Crippen molar-refractivity contribution in [2.75, 3.05) is 0 Å². The smallest absolute Gasteiger partial charge is 0.358 e. The summed E-state index contributed by atoms with van der Waals surface area (Å²) in [6, 6.07) is 7.44. The van der Waals surface area contributed by atoms with E-state index in [-0.39, 0.29) is 24.1 Å². The molecule has 7 heteroatoms. The van der Waals surface area contributed by atoms with Crippen molar-refractivity contribution >= 4 is 28.2 Å². The molecule has 2 aromatic heterocycles. The van der Waals surface area contributed by atoms with Crippen LogP contribution < -0.4 is 0 Å². The number of nitrogens with zero attached hydrogens (tertiary/aromatic N) is 2. The van der Waals surface area contributed by atoms with Crippen LogP contribution in [0.4, 0.5) is 0 Å². The number of hydrogen-bond donors (Lipinski definition) is 0. The first-order chi connectivity index (χ1) is 17.4. The van der Waals surface area contributed by atoms with Crippen molar-refractivity contribution in [3.63, 3.8) is 0 Å². The average Bonchev–Trinajstić information content (AvgIpc) is 3.44. The third kappa shape index (κ3) is 8.19. The maximum atomic E-state index is 12.5. The lowest BCUT2D eigenvalue weighted by molar-refractivity contribution is 0.0306. The number of aromatic nitrogens is 2. The Labute approximate surface area is 219 Å². The van der Waals surface area contributed by atoms with Gasteiger partial charge in [0.2, 0.25) is 0 Å². The quantitative estimate of drug-likeness (QED) is 0.152. The van der Waals surface area contributed by atoms with Crippen LogP contribution in [0.15, 0.2) is 36.7 Å². The monoisotopic (exact) mass is 512 g/mol. The Balaban J connectivity index is 1.54. The molecule has 0 aliphatic rings. The summed E-state index contributed by atoms with van der Waals surface area (Å²) in [4.78, 5) is 31.2. The molecule has 2 atom stereocenters. The van der Waals surface area contributed by atoms with Crippen molar-refractivity contribution in [3.8, 4) is 10.4 Å². The first-order valence-corrected chi connectivity index (χ1v) is 14.2. The first-order valence-electron chi connectivity index (χ1n) is 13.4. The zero-order valence-electron chi connectivity index (χ0n) is 22.1. The van der Waals surface area contributed by atoms with Gasteiger partial charge in [0.05, 0.1) is 22.6 Å². The van der Waals surface area contributed by atoms with Crippen LogP contribution >= 0.6 is 11.3 Å². The van der Waals surface area contributed by atoms with Crippen molar-refractivity contribution in [2.24, 2.45) is 0 Å². The molecule has 2 heterocycles. The molecule has 0 saturated carbocycles. The van der Waals surface area contributed by atoms with E-state index in [4.69, 9.17) is 9.47 Å². The predicted molar refractivity (Wildman–Crippen MR) is 146 cm³/mol. The number of thiazole rings is 1. The molecule has 6 nitrogen and oxygen atoms in total. The highest BCUT2D eigenvalue weighted by Gasteiger charge is 2.18. The number of benzene rings is 1. The number of ether oxygens (including phenoxy) is 2. The van der Waals surface area contributed by atoms with Crippen LogP contribution in [0.1, 0.15) is 113 Å². The summed E-state index contributed by atoms with van der Waals surface area (Å²) < 4.78 is 13.0. The van der Waals surface area contributed by atoms with Gasteiger partial charge in [0.15, 0.2) is 10.7 Å². The summed E-state index contributed by atoms with van der Waals surface area (Å²) in [7, 11) is 0. The molecule has 0 amide bonds. The lowest BCUT2D eigenvalue weighted by Gasteiger charge is -2.13. The fourth-order valence-electron chi connectivity index (χ4n) is 4.13. The number of carbonyl (C=O) groups excluding carboxylic acids is 2. The van der Waals surface area contributed by atoms with Gasteiger partial charge in [-0.05, 0) is 57.2 Å². The van der Waals surface area contributed by atoms with Gasteiger partial charge in [0.1, 0.15) is 0 Å². The molecule has 0 aliphatic heterocycles. The fraction of sp³-hybridized carbons (Fsp3) is 0.552. The van der Waals surface area contributed by atoms with E-state index in [1.165, 1.54) is 49.9 Å². The second-order valence-electron chi connectivity index (χ2n) is 9.62. The molecule has 1 aromatic carbocycles. The third-order valence-corrected chi connectivity index (χ3v) is 7.36. The number of esters is 2. The van der Waals surface area contributed by atoms with Crippen LogP contribution in [-0.2, 0) is 9.47 Å². The predicted octanol–water partition coefficient (Wildman–Crippen LogP) is 8.09. The van der Waals surface area contributed by atoms with Crippen molar-refractivity contribution < 1.29 is 19.1 Å². The number of imidazole rings is 1. The highest BCUT2D eigenvalue weighted by atomic mass is 32.1. The molecule has 0 unspecified atom stereocenters. The Hall–Kier alpha value is -2.67. The largest absolute Gasteiger partial charge is 0.459 e. The van der Waals surface area contributed by atoms with Gasteiger partial charge in [-0.1, -0.05) is 75.8 Å². The topological polar surface area (TPSA) is 69.9 Å². The Kier molecular flexibility index (Phi) is 11.0. The lowest BCUT2D eigenvalue weighted by atomic mass is 10.1. The van der Waals surface area contributed by atoms with Gasteiger partial charge in [-0.3, -0.25) is 4.40 Å². The number of carbonyl (C=O) groups is 2. The van der Waals surface area contributed by atoms with Crippen LogP contribution in [0.25, 0.3) is 15.4 Å². The van der Waals surface area contributed by atoms with E-state index in [9.17, 15) is 9.59 Å². The molecule has 0 radical (unpaired) electrons. The number of fused-ring (bicyclic) bond motifs is 1. The van der Waals surface area contributed by atoms with Gasteiger partial charge in [-0.25, -0.2) is 14.6 Å². The minimum Gasteiger partial charge on any atom is -0.459 e. The minimum absolute atomic E-state index is 0.0796. The van der Waals surface area contributed by atoms with E-state index in [1.54, 1.807) is 18.3 Å². The van der Waals surface area contributed by atoms with Crippen molar-refractivity contribution in [1.82, 2.24) is 9.38 Å². The van der Waals surface area contributed by atoms with Gasteiger partial charge < -0.3 is 9.47 Å². The van der Waals surface area contributed by atoms with Crippen LogP contribution in [0, 0.1) is 0 Å². The molecule has 0 aliphatic carbocycles. The molecule has 0 saturated heterocycles. The summed E-state index contributed by atoms with van der Waals surface area (Å²) in [6.07, 6.45) is 14.6. The number of unbranched alkanes of at least 4 members (excludes halogenated alkanes) is 6. The van der Waals surface area contributed by atoms with E-state index >= 15 is 0 Å². The summed E-state index contributed by atoms with van der Waals surface area (Å²) in [5, 5.41) is 0. The average molecular weight is 513 g/mol. The zero-order valence-corrected chi connectivity index (χ0v) is 22.9. The first kappa shape index (κ1) is 27.9. The molecule has 196 valence electrons. The molecule has 36 heavy (non-hydrogen) atoms. The fourth-order valence-corrected chi connectivity index (χ4v) is 5.10. The summed E-state index contributed by atoms with van der Waals surface area (Å²) in [5.41, 5.74) is 1.86. The van der Waals surface area contributed by atoms with Gasteiger partial charge in [0, 0.05) is 12.4 Å². The maximum absolute atomic E-state index is 12.5. The van der Waals surface area contributed by atoms with Crippen LogP contribution in [-0.4, -0.2) is 33.5 Å². The second kappa shape index (κ2) is 14.2. The Morgan fingerprint density at radius 3 is 1.97 bits per heavy atom. The van der Waals surface area contributed by atoms with Crippen LogP contribution in [0.2, 0.25) is 0 Å². The van der Waals surface area contributed by atoms with E-state index in [0.717, 1.165) is 41.1 Å². The van der Waals surface area contributed by atoms with E-state index in [1.807, 2.05) is 36.6 Å². The van der Waals surface area contributed by atoms with Gasteiger partial charge in [-0.15, -0.1) is 0 Å². The number of rotatable bonds is 15. The standard InChI is InChI=1S/C29H40N2O4S/c1-5-7-9-11-13-21(3)34-27(32)24-17-15-23(16-18-24)26-20-31-19-25(30-29(31)36-26)28(33)35-22(4)14-12-10-8-6-2/h15-22H,5-14H2,1-4H3/t21-,22-/m0/s1. The molecule has 0 bridgehead atoms. The summed E-state index contributed by atoms with van der Waals surface area (Å²) in [5.74, 6) is -0.661. The lowest BCUT2D eigenvalue weighted by Crippen LogP contribution is -2.15. The molecule has 0 spiro atoms. The van der Waals surface area contributed by atoms with Gasteiger partial charge in [-0.2, -0.15) is 0 Å². The van der Waals surface area contributed by atoms with Crippen molar-refractivity contribution in [2.45, 2.75) is 104 Å². The molecule has 3 rings (SSSR count). The highest BCUT2D eigenvalue weighted by molar-refractivity contribution is 7.20. The summed E-state index contributed by atoms with van der Waals surface area (Å²) >= 11 is 1.49. The summed E-state index contributed by atoms with van der Waals surface area (Å²) in [6.45, 7) is 8.27. The molecule has 0 fully saturated rings. The van der Waals surface area contributed by atoms with E-state index in [0.29, 0.717) is 11.3 Å². The van der Waals surface area contributed by atoms with Gasteiger partial charge >= 0.3 is 11.9 Å². The Bertz CT molecular complexity index is 1070. The molecular weight excluding hydrogens is 472 g/mol. The van der Waals surface area contributed by atoms with Crippen LogP contribution in [0.5, 0.6) is 0 Å². The third-order valence-electron chi connectivity index (χ3n) is 6.32. The van der Waals surface area contributed by atoms with E-state index < -0.39 is 0 Å². The zero-order chi connectivity index (χ0) is 25.9. The second-order valence-corrected chi connectivity index (χ2v) is 10.6. The maximum Gasteiger partial charge on any atom is 0.358 e. The van der Waals surface area contributed by atoms with E-state index in [2.05, 4.69) is 18.8 Å². The van der Waals surface area contributed by atoms with Crippen molar-refractivity contribution in [1.29, 1.82) is 0 Å². The molecular formula is C29H40N2O4S. The SMILES string of the molecule is CCCCCC[C@H](C)OC(=O)c1ccc(-c2cn3cc(C(=O)O[C@@H](C)CCCCCC)nc3s2)cc1. The minimum atomic E-state index is -0.377. The normalized spacial score (nSPS) is 13.0. The highest BCUT2D eigenvalue weighted by Crippen LogP contribution is 2.29. The number of hydrogen-bond acceptors (Lipinski definition) is 6. The van der Waals surface area contributed by atoms with Crippen molar-refractivity contribution in [3.05, 3.63) is 47.9 Å². The molecule has 0 N–H and O–H groups in total. The van der Waals surface area contributed by atoms with Gasteiger partial charge in [0.25, 0.3) is 0 Å². The Morgan fingerprint density at radius 1 is 0.833 bits per heavy atom. The molecule has 3 aromatic rings.